The van der Waals surface area contributed by atoms with Gasteiger partial charge in [0.25, 0.3) is 0 Å². The second-order valence-corrected chi connectivity index (χ2v) is 15.8. The molecule has 3 nitrogen and oxygen atoms in total. The second kappa shape index (κ2) is 15.3. The van der Waals surface area contributed by atoms with Crippen molar-refractivity contribution >= 4 is 23.1 Å². The summed E-state index contributed by atoms with van der Waals surface area (Å²) < 4.78 is 2.52. The van der Waals surface area contributed by atoms with Crippen molar-refractivity contribution in [3.63, 3.8) is 0 Å². The molecule has 3 unspecified atom stereocenters. The minimum absolute atomic E-state index is 0.140. The summed E-state index contributed by atoms with van der Waals surface area (Å²) in [6, 6.07) is 50.4. The van der Waals surface area contributed by atoms with Crippen LogP contribution in [0.15, 0.2) is 140 Å². The van der Waals surface area contributed by atoms with Gasteiger partial charge in [-0.15, -0.1) is 0 Å². The molecule has 5 aromatic carbocycles. The highest BCUT2D eigenvalue weighted by Gasteiger charge is 2.50. The fraction of sp³-hybridized carbons (Fsp3) is 0.269. The predicted octanol–water partition coefficient (Wildman–Crippen LogP) is 12.2. The molecule has 0 amide bonds. The maximum atomic E-state index is 5.20. The maximum absolute atomic E-state index is 5.20. The van der Waals surface area contributed by atoms with Crippen LogP contribution >= 0.6 is 0 Å². The van der Waals surface area contributed by atoms with Crippen molar-refractivity contribution in [1.82, 2.24) is 14.5 Å². The van der Waals surface area contributed by atoms with E-state index in [0.717, 1.165) is 39.6 Å². The number of nitrogens with zero attached hydrogens (tertiary/aromatic N) is 3. The third-order valence-corrected chi connectivity index (χ3v) is 12.4. The number of fused-ring (bicyclic) bond motifs is 6. The zero-order valence-electron chi connectivity index (χ0n) is 32.3. The second-order valence-electron chi connectivity index (χ2n) is 15.8. The van der Waals surface area contributed by atoms with Gasteiger partial charge in [-0.25, -0.2) is 9.97 Å². The summed E-state index contributed by atoms with van der Waals surface area (Å²) in [5.74, 6) is 1.53. The van der Waals surface area contributed by atoms with Gasteiger partial charge < -0.3 is 4.57 Å². The van der Waals surface area contributed by atoms with Gasteiger partial charge in [-0.1, -0.05) is 186 Å². The minimum atomic E-state index is 0.140. The van der Waals surface area contributed by atoms with Crippen LogP contribution in [0.1, 0.15) is 88.7 Å². The van der Waals surface area contributed by atoms with E-state index in [2.05, 4.69) is 170 Å². The Kier molecular flexibility index (Phi) is 9.79. The summed E-state index contributed by atoms with van der Waals surface area (Å²) in [6.07, 6.45) is 16.9. The first-order chi connectivity index (χ1) is 27.2. The Labute approximate surface area is 326 Å². The Morgan fingerprint density at radius 3 is 1.91 bits per heavy atom. The van der Waals surface area contributed by atoms with Crippen molar-refractivity contribution in [3.8, 4) is 39.6 Å². The topological polar surface area (TPSA) is 30.7 Å². The fourth-order valence-corrected chi connectivity index (χ4v) is 9.83. The highest BCUT2D eigenvalue weighted by molar-refractivity contribution is 5.86. The normalized spacial score (nSPS) is 18.3. The van der Waals surface area contributed by atoms with E-state index >= 15 is 0 Å². The van der Waals surface area contributed by atoms with Crippen LogP contribution in [0.2, 0.25) is 0 Å². The number of unbranched alkanes of at least 4 members (excludes halogenated alkanes) is 5. The third kappa shape index (κ3) is 6.44. The van der Waals surface area contributed by atoms with E-state index in [-0.39, 0.29) is 5.41 Å². The van der Waals surface area contributed by atoms with Crippen LogP contribution in [0, 0.1) is 5.92 Å². The maximum Gasteiger partial charge on any atom is 0.160 e. The van der Waals surface area contributed by atoms with Gasteiger partial charge in [0.2, 0.25) is 0 Å². The van der Waals surface area contributed by atoms with E-state index in [1.54, 1.807) is 11.1 Å². The molecule has 0 spiro atoms. The number of para-hydroxylation sites is 1. The van der Waals surface area contributed by atoms with Crippen molar-refractivity contribution in [2.24, 2.45) is 5.92 Å². The Bertz CT molecular complexity index is 2510. The first kappa shape index (κ1) is 35.2. The van der Waals surface area contributed by atoms with E-state index in [1.807, 2.05) is 0 Å². The first-order valence-corrected chi connectivity index (χ1v) is 20.7. The Morgan fingerprint density at radius 2 is 1.18 bits per heavy atom. The van der Waals surface area contributed by atoms with Crippen molar-refractivity contribution < 1.29 is 0 Å². The number of hydrogen-bond donors (Lipinski definition) is 0. The molecule has 274 valence electrons. The molecule has 0 saturated heterocycles. The molecular formula is C52H51N3. The summed E-state index contributed by atoms with van der Waals surface area (Å²) in [7, 11) is 0. The third-order valence-electron chi connectivity index (χ3n) is 12.4. The molecular weight excluding hydrogens is 667 g/mol. The lowest BCUT2D eigenvalue weighted by Crippen LogP contribution is -2.40. The van der Waals surface area contributed by atoms with Crippen molar-refractivity contribution in [2.45, 2.75) is 83.0 Å². The zero-order chi connectivity index (χ0) is 37.2. The van der Waals surface area contributed by atoms with Gasteiger partial charge in [-0.2, -0.15) is 0 Å². The van der Waals surface area contributed by atoms with Crippen LogP contribution in [0.4, 0.5) is 0 Å². The van der Waals surface area contributed by atoms with Crippen molar-refractivity contribution in [2.75, 3.05) is 0 Å². The van der Waals surface area contributed by atoms with E-state index in [4.69, 9.17) is 9.97 Å². The fourth-order valence-electron chi connectivity index (χ4n) is 9.83. The molecule has 9 rings (SSSR count). The lowest BCUT2D eigenvalue weighted by molar-refractivity contribution is 0.279. The lowest BCUT2D eigenvalue weighted by atomic mass is 9.65. The Balaban J connectivity index is 1.22. The van der Waals surface area contributed by atoms with E-state index in [0.29, 0.717) is 11.8 Å². The molecule has 0 bridgehead atoms. The quantitative estimate of drug-likeness (QED) is 0.111. The molecule has 3 heteroatoms. The Morgan fingerprint density at radius 1 is 0.564 bits per heavy atom. The molecule has 2 aliphatic rings. The van der Waals surface area contributed by atoms with Gasteiger partial charge in [0.15, 0.2) is 5.82 Å². The smallest absolute Gasteiger partial charge is 0.160 e. The molecule has 0 aliphatic heterocycles. The molecule has 55 heavy (non-hydrogen) atoms. The molecule has 0 saturated carbocycles. The summed E-state index contributed by atoms with van der Waals surface area (Å²) in [5.41, 5.74) is 10.7. The van der Waals surface area contributed by atoms with Gasteiger partial charge in [-0.05, 0) is 54.2 Å². The van der Waals surface area contributed by atoms with E-state index < -0.39 is 0 Å². The SMILES string of the molecule is CCCCCCC1(CCCCC)c2ccccc2C2C=c3c(n(-c4cccc(-c5nc(-c6ccccc6)cc(-c6ccccc6)n5)c4)c4ccccc34)=CC21. The van der Waals surface area contributed by atoms with Crippen molar-refractivity contribution in [3.05, 3.63) is 161 Å². The molecule has 2 aliphatic carbocycles. The van der Waals surface area contributed by atoms with E-state index in [9.17, 15) is 0 Å². The molecule has 3 atom stereocenters. The van der Waals surface area contributed by atoms with Crippen molar-refractivity contribution in [1.29, 1.82) is 0 Å². The van der Waals surface area contributed by atoms with Crippen LogP contribution < -0.4 is 10.6 Å². The highest BCUT2D eigenvalue weighted by atomic mass is 15.0. The Hall–Kier alpha value is -5.54. The molecule has 0 fully saturated rings. The summed E-state index contributed by atoms with van der Waals surface area (Å²) >= 11 is 0. The van der Waals surface area contributed by atoms with Gasteiger partial charge in [0, 0.05) is 44.3 Å². The molecule has 2 aromatic heterocycles. The summed E-state index contributed by atoms with van der Waals surface area (Å²) in [5, 5.41) is 4.00. The lowest BCUT2D eigenvalue weighted by Gasteiger charge is -2.38. The van der Waals surface area contributed by atoms with Gasteiger partial charge in [0.1, 0.15) is 0 Å². The molecule has 7 aromatic rings. The minimum Gasteiger partial charge on any atom is -0.310 e. The van der Waals surface area contributed by atoms with Crippen LogP contribution in [0.3, 0.4) is 0 Å². The number of hydrogen-bond acceptors (Lipinski definition) is 2. The molecule has 2 heterocycles. The zero-order valence-corrected chi connectivity index (χ0v) is 32.3. The van der Waals surface area contributed by atoms with Gasteiger partial charge in [0.05, 0.1) is 22.3 Å². The standard InChI is InChI=1S/C52H51N3/c1-3-5-7-19-32-52(31-18-6-4-2)45-29-16-14-27-41(45)43-34-44-42-28-15-17-30-49(42)55(50(44)35-46(43)52)40-26-20-25-39(33-40)51-53-47(37-21-10-8-11-22-37)36-48(54-51)38-23-12-9-13-24-38/h8-17,20-30,33-36,43,46H,3-7,18-19,31-32H2,1-2H3. The average molecular weight is 718 g/mol. The monoisotopic (exact) mass is 717 g/mol. The summed E-state index contributed by atoms with van der Waals surface area (Å²) in [6.45, 7) is 4.66. The van der Waals surface area contributed by atoms with E-state index in [1.165, 1.54) is 79.3 Å². The first-order valence-electron chi connectivity index (χ1n) is 20.7. The number of benzene rings is 5. The highest BCUT2D eigenvalue weighted by Crippen LogP contribution is 2.57. The van der Waals surface area contributed by atoms with Gasteiger partial charge in [-0.3, -0.25) is 0 Å². The van der Waals surface area contributed by atoms with Crippen LogP contribution in [0.25, 0.3) is 62.6 Å². The summed E-state index contributed by atoms with van der Waals surface area (Å²) in [4.78, 5) is 10.4. The molecule has 0 radical (unpaired) electrons. The predicted molar refractivity (Wildman–Crippen MR) is 231 cm³/mol. The largest absolute Gasteiger partial charge is 0.310 e. The van der Waals surface area contributed by atoms with Crippen LogP contribution in [-0.4, -0.2) is 14.5 Å². The molecule has 0 N–H and O–H groups in total. The van der Waals surface area contributed by atoms with Crippen LogP contribution in [0.5, 0.6) is 0 Å². The van der Waals surface area contributed by atoms with Crippen LogP contribution in [-0.2, 0) is 5.41 Å². The number of aromatic nitrogens is 3. The van der Waals surface area contributed by atoms with Gasteiger partial charge >= 0.3 is 0 Å². The number of rotatable bonds is 13. The average Bonchev–Trinajstić information content (AvgIpc) is 3.71.